The van der Waals surface area contributed by atoms with Crippen LogP contribution in [0.4, 0.5) is 16.4 Å². The molecule has 0 fully saturated rings. The van der Waals surface area contributed by atoms with Crippen LogP contribution in [0.15, 0.2) is 3.79 Å². The summed E-state index contributed by atoms with van der Waals surface area (Å²) < 4.78 is 0.0571. The van der Waals surface area contributed by atoms with Crippen LogP contribution in [0.25, 0.3) is 0 Å². The fraction of sp³-hybridized carbons (Fsp3) is 0. The van der Waals surface area contributed by atoms with E-state index in [2.05, 4.69) is 15.9 Å². The molecule has 0 aliphatic rings. The smallest absolute Gasteiger partial charge is 0.381 e. The van der Waals surface area contributed by atoms with E-state index in [0.717, 1.165) is 11.3 Å². The van der Waals surface area contributed by atoms with Gasteiger partial charge in [-0.25, -0.2) is 0 Å². The van der Waals surface area contributed by atoms with Gasteiger partial charge >= 0.3 is 11.4 Å². The predicted molar refractivity (Wildman–Crippen MR) is 49.7 cm³/mol. The van der Waals surface area contributed by atoms with Crippen molar-refractivity contribution < 1.29 is 9.85 Å². The molecule has 0 bridgehead atoms. The number of nitro groups is 2. The quantitative estimate of drug-likeness (QED) is 0.650. The van der Waals surface area contributed by atoms with Crippen molar-refractivity contribution in [2.24, 2.45) is 0 Å². The maximum atomic E-state index is 10.4. The Labute approximate surface area is 83.6 Å². The molecule has 0 amide bonds. The lowest BCUT2D eigenvalue weighted by Crippen LogP contribution is -1.96. The van der Waals surface area contributed by atoms with E-state index in [9.17, 15) is 20.2 Å². The number of hydrogen-bond acceptors (Lipinski definition) is 6. The molecule has 2 N–H and O–H groups in total. The van der Waals surface area contributed by atoms with Gasteiger partial charge in [-0.3, -0.25) is 20.2 Å². The minimum atomic E-state index is -0.866. The van der Waals surface area contributed by atoms with Crippen molar-refractivity contribution >= 4 is 43.6 Å². The Balaban J connectivity index is 3.47. The van der Waals surface area contributed by atoms with Gasteiger partial charge in [0.1, 0.15) is 0 Å². The zero-order valence-corrected chi connectivity index (χ0v) is 8.29. The predicted octanol–water partition coefficient (Wildman–Crippen LogP) is 1.91. The third kappa shape index (κ3) is 1.60. The Morgan fingerprint density at radius 2 is 1.69 bits per heavy atom. The minimum Gasteiger partial charge on any atom is -0.385 e. The summed E-state index contributed by atoms with van der Waals surface area (Å²) in [6.07, 6.45) is 0. The molecule has 0 saturated carbocycles. The highest BCUT2D eigenvalue weighted by molar-refractivity contribution is 9.11. The maximum absolute atomic E-state index is 10.4. The van der Waals surface area contributed by atoms with Gasteiger partial charge in [-0.15, -0.1) is 0 Å². The van der Waals surface area contributed by atoms with Crippen molar-refractivity contribution in [3.63, 3.8) is 0 Å². The van der Waals surface area contributed by atoms with Crippen LogP contribution in [0.2, 0.25) is 0 Å². The summed E-state index contributed by atoms with van der Waals surface area (Å²) in [6, 6.07) is 0. The zero-order valence-electron chi connectivity index (χ0n) is 5.89. The molecule has 0 aromatic carbocycles. The Hall–Kier alpha value is -1.22. The van der Waals surface area contributed by atoms with Crippen molar-refractivity contribution in [1.82, 2.24) is 0 Å². The summed E-state index contributed by atoms with van der Waals surface area (Å²) in [7, 11) is 0. The number of nitrogens with zero attached hydrogens (tertiary/aromatic N) is 2. The van der Waals surface area contributed by atoms with E-state index in [1.165, 1.54) is 0 Å². The van der Waals surface area contributed by atoms with Crippen LogP contribution < -0.4 is 5.73 Å². The van der Waals surface area contributed by atoms with Gasteiger partial charge in [0.2, 0.25) is 0 Å². The van der Waals surface area contributed by atoms with Crippen molar-refractivity contribution in [1.29, 1.82) is 0 Å². The van der Waals surface area contributed by atoms with E-state index in [4.69, 9.17) is 5.73 Å². The van der Waals surface area contributed by atoms with Crippen LogP contribution in [-0.4, -0.2) is 9.85 Å². The van der Waals surface area contributed by atoms with Gasteiger partial charge in [-0.05, 0) is 15.9 Å². The van der Waals surface area contributed by atoms with Crippen LogP contribution >= 0.6 is 27.3 Å². The second kappa shape index (κ2) is 3.26. The highest BCUT2D eigenvalue weighted by Gasteiger charge is 2.34. The van der Waals surface area contributed by atoms with E-state index in [1.54, 1.807) is 0 Å². The highest BCUT2D eigenvalue weighted by Crippen LogP contribution is 2.46. The molecule has 1 aromatic heterocycles. The Kier molecular flexibility index (Phi) is 2.48. The molecule has 13 heavy (non-hydrogen) atoms. The number of halogens is 1. The standard InChI is InChI=1S/C4H2BrN3O4S/c5-3-1(7(9)10)2(8(11)12)4(6)13-3/h6H2. The van der Waals surface area contributed by atoms with Crippen LogP contribution in [0.1, 0.15) is 0 Å². The van der Waals surface area contributed by atoms with Gasteiger partial charge in [0.05, 0.1) is 9.85 Å². The van der Waals surface area contributed by atoms with E-state index in [-0.39, 0.29) is 8.79 Å². The maximum Gasteiger partial charge on any atom is 0.381 e. The van der Waals surface area contributed by atoms with E-state index in [1.807, 2.05) is 0 Å². The van der Waals surface area contributed by atoms with Crippen molar-refractivity contribution in [2.75, 3.05) is 5.73 Å². The van der Waals surface area contributed by atoms with Gasteiger partial charge in [0.25, 0.3) is 0 Å². The molecule has 9 heteroatoms. The molecular formula is C4H2BrN3O4S. The van der Waals surface area contributed by atoms with Crippen molar-refractivity contribution in [3.05, 3.63) is 24.0 Å². The molecule has 0 saturated heterocycles. The summed E-state index contributed by atoms with van der Waals surface area (Å²) in [6.45, 7) is 0. The fourth-order valence-electron chi connectivity index (χ4n) is 0.738. The molecule has 0 aliphatic heterocycles. The summed E-state index contributed by atoms with van der Waals surface area (Å²) >= 11 is 3.59. The lowest BCUT2D eigenvalue weighted by Gasteiger charge is -1.88. The van der Waals surface area contributed by atoms with Gasteiger partial charge < -0.3 is 5.73 Å². The highest BCUT2D eigenvalue weighted by atomic mass is 79.9. The third-order valence-corrected chi connectivity index (χ3v) is 2.86. The Bertz CT molecular complexity index is 354. The number of anilines is 1. The number of thiophene rings is 1. The van der Waals surface area contributed by atoms with Crippen LogP contribution in [0.5, 0.6) is 0 Å². The number of rotatable bonds is 2. The van der Waals surface area contributed by atoms with E-state index < -0.39 is 21.2 Å². The molecule has 1 rings (SSSR count). The van der Waals surface area contributed by atoms with Crippen LogP contribution in [0, 0.1) is 20.2 Å². The zero-order chi connectivity index (χ0) is 10.2. The molecule has 0 atom stereocenters. The molecule has 0 unspecified atom stereocenters. The normalized spacial score (nSPS) is 9.92. The van der Waals surface area contributed by atoms with Gasteiger partial charge in [-0.2, -0.15) is 0 Å². The Morgan fingerprint density at radius 1 is 1.23 bits per heavy atom. The SMILES string of the molecule is Nc1sc(Br)c([N+](=O)[O-])c1[N+](=O)[O-]. The minimum absolute atomic E-state index is 0.0571. The van der Waals surface area contributed by atoms with Gasteiger partial charge in [-0.1, -0.05) is 11.3 Å². The molecule has 7 nitrogen and oxygen atoms in total. The molecule has 1 heterocycles. The first kappa shape index (κ1) is 9.86. The van der Waals surface area contributed by atoms with Crippen molar-refractivity contribution in [3.8, 4) is 0 Å². The van der Waals surface area contributed by atoms with Crippen molar-refractivity contribution in [2.45, 2.75) is 0 Å². The van der Waals surface area contributed by atoms with E-state index in [0.29, 0.717) is 0 Å². The Morgan fingerprint density at radius 3 is 2.00 bits per heavy atom. The number of nitrogens with two attached hydrogens (primary N) is 1. The fourth-order valence-corrected chi connectivity index (χ4v) is 2.32. The van der Waals surface area contributed by atoms with Gasteiger partial charge in [0.15, 0.2) is 8.79 Å². The van der Waals surface area contributed by atoms with Crippen LogP contribution in [0.3, 0.4) is 0 Å². The first-order valence-corrected chi connectivity index (χ1v) is 4.42. The first-order valence-electron chi connectivity index (χ1n) is 2.81. The van der Waals surface area contributed by atoms with E-state index >= 15 is 0 Å². The summed E-state index contributed by atoms with van der Waals surface area (Å²) in [5.41, 5.74) is 3.98. The summed E-state index contributed by atoms with van der Waals surface area (Å²) in [5, 5.41) is 20.6. The average molecular weight is 268 g/mol. The number of nitrogen functional groups attached to an aromatic ring is 1. The topological polar surface area (TPSA) is 112 Å². The second-order valence-electron chi connectivity index (χ2n) is 1.95. The van der Waals surface area contributed by atoms with Gasteiger partial charge in [0, 0.05) is 0 Å². The molecule has 0 spiro atoms. The monoisotopic (exact) mass is 267 g/mol. The first-order chi connectivity index (χ1) is 5.95. The molecule has 70 valence electrons. The molecular weight excluding hydrogens is 266 g/mol. The number of hydrogen-bond donors (Lipinski definition) is 1. The lowest BCUT2D eigenvalue weighted by atomic mass is 10.4. The summed E-state index contributed by atoms with van der Waals surface area (Å²) in [5.74, 6) is 0. The molecule has 0 aliphatic carbocycles. The molecule has 0 radical (unpaired) electrons. The lowest BCUT2D eigenvalue weighted by molar-refractivity contribution is -0.421. The summed E-state index contributed by atoms with van der Waals surface area (Å²) in [4.78, 5) is 19.0. The van der Waals surface area contributed by atoms with Crippen LogP contribution in [-0.2, 0) is 0 Å². The largest absolute Gasteiger partial charge is 0.385 e. The average Bonchev–Trinajstić information content (AvgIpc) is 2.24. The molecule has 1 aromatic rings. The third-order valence-electron chi connectivity index (χ3n) is 1.21. The second-order valence-corrected chi connectivity index (χ2v) is 4.32.